The van der Waals surface area contributed by atoms with Crippen molar-refractivity contribution in [3.8, 4) is 17.2 Å². The van der Waals surface area contributed by atoms with E-state index in [1.165, 1.54) is 6.07 Å². The van der Waals surface area contributed by atoms with Crippen LogP contribution < -0.4 is 9.64 Å². The fraction of sp³-hybridized carbons (Fsp3) is 0.304. The molecule has 0 spiro atoms. The number of aromatic hydroxyl groups is 2. The van der Waals surface area contributed by atoms with Gasteiger partial charge >= 0.3 is 0 Å². The van der Waals surface area contributed by atoms with Gasteiger partial charge in [0.25, 0.3) is 0 Å². The highest BCUT2D eigenvalue weighted by atomic mass is 16.5. The molecule has 4 rings (SSSR count). The van der Waals surface area contributed by atoms with Crippen molar-refractivity contribution in [1.29, 1.82) is 0 Å². The SMILES string of the molecule is Oc1ccc(N2CCN(CC(O)COc3cccc4ccccc34)CC2)c(O)c1. The Morgan fingerprint density at radius 2 is 1.66 bits per heavy atom. The number of nitrogens with zero attached hydrogens (tertiary/aromatic N) is 2. The molecule has 1 atom stereocenters. The molecule has 3 aromatic rings. The lowest BCUT2D eigenvalue weighted by Gasteiger charge is -2.37. The quantitative estimate of drug-likeness (QED) is 0.597. The van der Waals surface area contributed by atoms with Crippen LogP contribution in [0.5, 0.6) is 17.2 Å². The Morgan fingerprint density at radius 3 is 2.45 bits per heavy atom. The molecule has 1 saturated heterocycles. The molecule has 0 amide bonds. The van der Waals surface area contributed by atoms with Crippen molar-refractivity contribution in [1.82, 2.24) is 4.90 Å². The Labute approximate surface area is 170 Å². The summed E-state index contributed by atoms with van der Waals surface area (Å²) in [5.41, 5.74) is 0.724. The van der Waals surface area contributed by atoms with Crippen LogP contribution in [0.4, 0.5) is 5.69 Å². The molecule has 0 aromatic heterocycles. The van der Waals surface area contributed by atoms with Crippen molar-refractivity contribution in [2.24, 2.45) is 0 Å². The van der Waals surface area contributed by atoms with Crippen LogP contribution in [0.15, 0.2) is 60.7 Å². The van der Waals surface area contributed by atoms with Gasteiger partial charge in [0.05, 0.1) is 5.69 Å². The van der Waals surface area contributed by atoms with Crippen LogP contribution in [0, 0.1) is 0 Å². The lowest BCUT2D eigenvalue weighted by atomic mass is 10.1. The van der Waals surface area contributed by atoms with Gasteiger partial charge in [-0.2, -0.15) is 0 Å². The molecule has 1 aliphatic heterocycles. The van der Waals surface area contributed by atoms with Crippen molar-refractivity contribution < 1.29 is 20.1 Å². The van der Waals surface area contributed by atoms with Gasteiger partial charge in [0.2, 0.25) is 0 Å². The second-order valence-electron chi connectivity index (χ2n) is 7.40. The van der Waals surface area contributed by atoms with E-state index >= 15 is 0 Å². The summed E-state index contributed by atoms with van der Waals surface area (Å²) in [4.78, 5) is 4.29. The van der Waals surface area contributed by atoms with E-state index in [9.17, 15) is 15.3 Å². The molecule has 0 aliphatic carbocycles. The third-order valence-corrected chi connectivity index (χ3v) is 5.32. The van der Waals surface area contributed by atoms with Crippen molar-refractivity contribution in [3.05, 3.63) is 60.7 Å². The molecular formula is C23H26N2O4. The summed E-state index contributed by atoms with van der Waals surface area (Å²) in [6.07, 6.45) is -0.581. The number of anilines is 1. The molecule has 3 N–H and O–H groups in total. The van der Waals surface area contributed by atoms with Crippen LogP contribution in [0.25, 0.3) is 10.8 Å². The van der Waals surface area contributed by atoms with Crippen molar-refractivity contribution in [2.75, 3.05) is 44.2 Å². The molecule has 0 saturated carbocycles. The number of hydrogen-bond donors (Lipinski definition) is 3. The first kappa shape index (κ1) is 19.4. The zero-order valence-electron chi connectivity index (χ0n) is 16.2. The van der Waals surface area contributed by atoms with Gasteiger partial charge < -0.3 is 25.0 Å². The summed E-state index contributed by atoms with van der Waals surface area (Å²) in [6.45, 7) is 3.84. The van der Waals surface area contributed by atoms with Gasteiger partial charge in [0.15, 0.2) is 0 Å². The normalized spacial score (nSPS) is 16.1. The van der Waals surface area contributed by atoms with Gasteiger partial charge in [0, 0.05) is 44.2 Å². The van der Waals surface area contributed by atoms with Crippen LogP contribution in [0.1, 0.15) is 0 Å². The molecule has 3 aromatic carbocycles. The zero-order valence-corrected chi connectivity index (χ0v) is 16.2. The van der Waals surface area contributed by atoms with Gasteiger partial charge in [-0.1, -0.05) is 36.4 Å². The van der Waals surface area contributed by atoms with Gasteiger partial charge in [0.1, 0.15) is 30.0 Å². The number of β-amino-alcohol motifs (C(OH)–C–C–N with tert-alkyl or cyclic N) is 1. The van der Waals surface area contributed by atoms with Crippen LogP contribution >= 0.6 is 0 Å². The van der Waals surface area contributed by atoms with Crippen LogP contribution in [-0.2, 0) is 0 Å². The topological polar surface area (TPSA) is 76.4 Å². The van der Waals surface area contributed by atoms with E-state index in [0.717, 1.165) is 48.4 Å². The molecule has 0 radical (unpaired) electrons. The highest BCUT2D eigenvalue weighted by Crippen LogP contribution is 2.31. The molecule has 1 fully saturated rings. The number of piperazine rings is 1. The number of hydrogen-bond acceptors (Lipinski definition) is 6. The smallest absolute Gasteiger partial charge is 0.142 e. The molecular weight excluding hydrogens is 368 g/mol. The van der Waals surface area contributed by atoms with Crippen LogP contribution in [0.2, 0.25) is 0 Å². The Balaban J connectivity index is 1.28. The predicted molar refractivity (Wildman–Crippen MR) is 114 cm³/mol. The summed E-state index contributed by atoms with van der Waals surface area (Å²) < 4.78 is 5.90. The van der Waals surface area contributed by atoms with Gasteiger partial charge in [-0.05, 0) is 23.6 Å². The Kier molecular flexibility index (Phi) is 5.74. The van der Waals surface area contributed by atoms with E-state index < -0.39 is 6.10 Å². The van der Waals surface area contributed by atoms with Crippen LogP contribution in [-0.4, -0.2) is 65.7 Å². The Hall–Kier alpha value is -2.96. The Morgan fingerprint density at radius 1 is 0.897 bits per heavy atom. The summed E-state index contributed by atoms with van der Waals surface area (Å²) in [5, 5.41) is 32.1. The number of phenolic OH excluding ortho intramolecular Hbond substituents is 2. The van der Waals surface area contributed by atoms with Crippen molar-refractivity contribution >= 4 is 16.5 Å². The fourth-order valence-electron chi connectivity index (χ4n) is 3.81. The number of ether oxygens (including phenoxy) is 1. The first-order valence-electron chi connectivity index (χ1n) is 9.88. The maximum absolute atomic E-state index is 10.4. The number of fused-ring (bicyclic) bond motifs is 1. The number of rotatable bonds is 6. The molecule has 6 heteroatoms. The number of phenols is 2. The predicted octanol–water partition coefficient (Wildman–Crippen LogP) is 2.81. The minimum absolute atomic E-state index is 0.0548. The molecule has 0 bridgehead atoms. The lowest BCUT2D eigenvalue weighted by molar-refractivity contribution is 0.0668. The standard InChI is InChI=1S/C23H26N2O4/c26-18-8-9-21(22(28)14-18)25-12-10-24(11-13-25)15-19(27)16-29-23-7-3-5-17-4-1-2-6-20(17)23/h1-9,14,19,26-28H,10-13,15-16H2. The molecule has 152 valence electrons. The molecule has 6 nitrogen and oxygen atoms in total. The highest BCUT2D eigenvalue weighted by molar-refractivity contribution is 5.88. The first-order chi connectivity index (χ1) is 14.1. The molecule has 1 unspecified atom stereocenters. The second kappa shape index (κ2) is 8.59. The monoisotopic (exact) mass is 394 g/mol. The number of aliphatic hydroxyl groups excluding tert-OH is 1. The lowest BCUT2D eigenvalue weighted by Crippen LogP contribution is -2.49. The van der Waals surface area contributed by atoms with Crippen molar-refractivity contribution in [3.63, 3.8) is 0 Å². The van der Waals surface area contributed by atoms with E-state index in [1.807, 2.05) is 42.5 Å². The van der Waals surface area contributed by atoms with Crippen molar-refractivity contribution in [2.45, 2.75) is 6.10 Å². The largest absolute Gasteiger partial charge is 0.508 e. The van der Waals surface area contributed by atoms with E-state index in [-0.39, 0.29) is 18.1 Å². The minimum Gasteiger partial charge on any atom is -0.508 e. The third kappa shape index (κ3) is 4.55. The second-order valence-corrected chi connectivity index (χ2v) is 7.40. The number of benzene rings is 3. The maximum Gasteiger partial charge on any atom is 0.142 e. The Bertz CT molecular complexity index is 965. The third-order valence-electron chi connectivity index (χ3n) is 5.32. The summed E-state index contributed by atoms with van der Waals surface area (Å²) >= 11 is 0. The van der Waals surface area contributed by atoms with E-state index in [4.69, 9.17) is 4.74 Å². The fourth-order valence-corrected chi connectivity index (χ4v) is 3.81. The van der Waals surface area contributed by atoms with E-state index in [1.54, 1.807) is 12.1 Å². The van der Waals surface area contributed by atoms with Crippen LogP contribution in [0.3, 0.4) is 0 Å². The number of aliphatic hydroxyl groups is 1. The summed E-state index contributed by atoms with van der Waals surface area (Å²) in [7, 11) is 0. The average molecular weight is 394 g/mol. The van der Waals surface area contributed by atoms with Gasteiger partial charge in [-0.25, -0.2) is 0 Å². The van der Waals surface area contributed by atoms with E-state index in [2.05, 4.69) is 9.80 Å². The molecule has 29 heavy (non-hydrogen) atoms. The zero-order chi connectivity index (χ0) is 20.2. The highest BCUT2D eigenvalue weighted by Gasteiger charge is 2.21. The van der Waals surface area contributed by atoms with Gasteiger partial charge in [-0.3, -0.25) is 4.90 Å². The average Bonchev–Trinajstić information content (AvgIpc) is 2.73. The summed E-state index contributed by atoms with van der Waals surface area (Å²) in [6, 6.07) is 18.7. The first-order valence-corrected chi connectivity index (χ1v) is 9.88. The maximum atomic E-state index is 10.4. The van der Waals surface area contributed by atoms with E-state index in [0.29, 0.717) is 6.54 Å². The molecule has 1 heterocycles. The molecule has 1 aliphatic rings. The summed E-state index contributed by atoms with van der Waals surface area (Å²) in [5.74, 6) is 0.927. The van der Waals surface area contributed by atoms with Gasteiger partial charge in [-0.15, -0.1) is 0 Å². The minimum atomic E-state index is -0.581.